The van der Waals surface area contributed by atoms with Crippen LogP contribution in [0.25, 0.3) is 0 Å². The summed E-state index contributed by atoms with van der Waals surface area (Å²) >= 11 is 0. The highest BCUT2D eigenvalue weighted by Crippen LogP contribution is 2.29. The fourth-order valence-electron chi connectivity index (χ4n) is 1.93. The van der Waals surface area contributed by atoms with E-state index in [0.29, 0.717) is 13.2 Å². The van der Waals surface area contributed by atoms with Gasteiger partial charge in [-0.05, 0) is 6.42 Å². The molecule has 0 aromatic rings. The first-order chi connectivity index (χ1) is 6.85. The molecule has 1 N–H and O–H groups in total. The lowest BCUT2D eigenvalue weighted by Gasteiger charge is -2.20. The topological polar surface area (TPSA) is 39.7 Å². The zero-order valence-electron chi connectivity index (χ0n) is 8.75. The predicted octanol–water partition coefficient (Wildman–Crippen LogP) is 0.518. The van der Waals surface area contributed by atoms with E-state index < -0.39 is 0 Å². The van der Waals surface area contributed by atoms with E-state index in [0.717, 1.165) is 32.5 Å². The Hall–Kier alpha value is -0.160. The molecule has 0 aliphatic carbocycles. The maximum absolute atomic E-state index is 5.85. The first kappa shape index (κ1) is 10.4. The van der Waals surface area contributed by atoms with Gasteiger partial charge in [0.25, 0.3) is 0 Å². The molecule has 0 bridgehead atoms. The Morgan fingerprint density at radius 1 is 1.57 bits per heavy atom. The Balaban J connectivity index is 1.71. The minimum atomic E-state index is -0.333. The molecule has 2 fully saturated rings. The molecule has 1 spiro atoms. The first-order valence-corrected chi connectivity index (χ1v) is 5.45. The van der Waals surface area contributed by atoms with Crippen LogP contribution in [0.3, 0.4) is 0 Å². The summed E-state index contributed by atoms with van der Waals surface area (Å²) in [5, 5.41) is 3.25. The fourth-order valence-corrected chi connectivity index (χ4v) is 1.93. The van der Waals surface area contributed by atoms with E-state index in [1.165, 1.54) is 0 Å². The molecule has 2 atom stereocenters. The van der Waals surface area contributed by atoms with Gasteiger partial charge in [-0.1, -0.05) is 6.92 Å². The van der Waals surface area contributed by atoms with Crippen molar-refractivity contribution in [3.8, 4) is 0 Å². The minimum absolute atomic E-state index is 0.126. The van der Waals surface area contributed by atoms with Crippen LogP contribution in [-0.4, -0.2) is 44.8 Å². The molecule has 0 aromatic carbocycles. The summed E-state index contributed by atoms with van der Waals surface area (Å²) in [5.74, 6) is -0.333. The molecule has 2 rings (SSSR count). The Morgan fingerprint density at radius 3 is 3.21 bits per heavy atom. The molecule has 0 radical (unpaired) electrons. The van der Waals surface area contributed by atoms with E-state index in [2.05, 4.69) is 12.2 Å². The molecular weight excluding hydrogens is 182 g/mol. The van der Waals surface area contributed by atoms with Crippen molar-refractivity contribution in [1.29, 1.82) is 0 Å². The lowest BCUT2D eigenvalue weighted by atomic mass is 10.2. The van der Waals surface area contributed by atoms with Gasteiger partial charge in [0, 0.05) is 26.1 Å². The average molecular weight is 201 g/mol. The van der Waals surface area contributed by atoms with Crippen LogP contribution in [0.2, 0.25) is 0 Å². The van der Waals surface area contributed by atoms with Gasteiger partial charge in [0.15, 0.2) is 5.79 Å². The van der Waals surface area contributed by atoms with Crippen LogP contribution in [0.5, 0.6) is 0 Å². The highest BCUT2D eigenvalue weighted by Gasteiger charge is 2.43. The lowest BCUT2D eigenvalue weighted by molar-refractivity contribution is -0.157. The highest BCUT2D eigenvalue weighted by atomic mass is 16.8. The van der Waals surface area contributed by atoms with Crippen LogP contribution >= 0.6 is 0 Å². The average Bonchev–Trinajstić information content (AvgIpc) is 2.79. The van der Waals surface area contributed by atoms with Crippen LogP contribution in [0, 0.1) is 0 Å². The standard InChI is InChI=1S/C10H19NO3/c1-2-5-12-6-9-7-13-10(14-9)3-4-11-8-10/h9,11H,2-8H2,1H3. The molecule has 14 heavy (non-hydrogen) atoms. The zero-order chi connectivity index (χ0) is 9.86. The van der Waals surface area contributed by atoms with Crippen molar-refractivity contribution in [2.24, 2.45) is 0 Å². The SMILES string of the molecule is CCCOCC1COC2(CCNC2)O1. The van der Waals surface area contributed by atoms with Crippen molar-refractivity contribution in [3.63, 3.8) is 0 Å². The molecular formula is C10H19NO3. The Labute approximate surface area is 84.9 Å². The van der Waals surface area contributed by atoms with Gasteiger partial charge in [-0.2, -0.15) is 0 Å². The molecule has 4 nitrogen and oxygen atoms in total. The predicted molar refractivity (Wildman–Crippen MR) is 52.2 cm³/mol. The summed E-state index contributed by atoms with van der Waals surface area (Å²) in [6.45, 7) is 6.06. The molecule has 0 amide bonds. The van der Waals surface area contributed by atoms with Crippen molar-refractivity contribution in [3.05, 3.63) is 0 Å². The van der Waals surface area contributed by atoms with E-state index in [1.807, 2.05) is 0 Å². The number of rotatable bonds is 4. The third-order valence-corrected chi connectivity index (χ3v) is 2.64. The fraction of sp³-hybridized carbons (Fsp3) is 1.00. The molecule has 2 aliphatic rings. The van der Waals surface area contributed by atoms with Crippen molar-refractivity contribution in [1.82, 2.24) is 5.32 Å². The Bertz CT molecular complexity index is 180. The Kier molecular flexibility index (Phi) is 3.38. The summed E-state index contributed by atoms with van der Waals surface area (Å²) in [5.41, 5.74) is 0. The third-order valence-electron chi connectivity index (χ3n) is 2.64. The second-order valence-electron chi connectivity index (χ2n) is 3.96. The van der Waals surface area contributed by atoms with E-state index in [4.69, 9.17) is 14.2 Å². The van der Waals surface area contributed by atoms with Crippen LogP contribution < -0.4 is 5.32 Å². The van der Waals surface area contributed by atoms with E-state index in [9.17, 15) is 0 Å². The van der Waals surface area contributed by atoms with Crippen molar-refractivity contribution >= 4 is 0 Å². The van der Waals surface area contributed by atoms with Crippen LogP contribution in [0.15, 0.2) is 0 Å². The highest BCUT2D eigenvalue weighted by molar-refractivity contribution is 4.86. The summed E-state index contributed by atoms with van der Waals surface area (Å²) in [7, 11) is 0. The molecule has 0 aromatic heterocycles. The molecule has 2 heterocycles. The molecule has 2 unspecified atom stereocenters. The molecule has 0 saturated carbocycles. The lowest BCUT2D eigenvalue weighted by Crippen LogP contribution is -2.34. The van der Waals surface area contributed by atoms with Gasteiger partial charge in [-0.25, -0.2) is 0 Å². The number of hydrogen-bond acceptors (Lipinski definition) is 4. The number of hydrogen-bond donors (Lipinski definition) is 1. The van der Waals surface area contributed by atoms with Gasteiger partial charge in [-0.15, -0.1) is 0 Å². The van der Waals surface area contributed by atoms with Crippen molar-refractivity contribution in [2.45, 2.75) is 31.7 Å². The quantitative estimate of drug-likeness (QED) is 0.673. The third kappa shape index (κ3) is 2.25. The normalized spacial score (nSPS) is 37.1. The van der Waals surface area contributed by atoms with E-state index in [1.54, 1.807) is 0 Å². The molecule has 2 aliphatic heterocycles. The minimum Gasteiger partial charge on any atom is -0.379 e. The van der Waals surface area contributed by atoms with Gasteiger partial charge in [0.05, 0.1) is 13.2 Å². The van der Waals surface area contributed by atoms with Crippen LogP contribution in [0.1, 0.15) is 19.8 Å². The zero-order valence-corrected chi connectivity index (χ0v) is 8.75. The molecule has 82 valence electrons. The van der Waals surface area contributed by atoms with Gasteiger partial charge in [0.2, 0.25) is 0 Å². The largest absolute Gasteiger partial charge is 0.379 e. The van der Waals surface area contributed by atoms with Gasteiger partial charge >= 0.3 is 0 Å². The van der Waals surface area contributed by atoms with Crippen LogP contribution in [-0.2, 0) is 14.2 Å². The maximum atomic E-state index is 5.85. The summed E-state index contributed by atoms with van der Waals surface area (Å²) < 4.78 is 17.0. The second-order valence-corrected chi connectivity index (χ2v) is 3.96. The maximum Gasteiger partial charge on any atom is 0.182 e. The summed E-state index contributed by atoms with van der Waals surface area (Å²) in [6.07, 6.45) is 2.14. The number of nitrogens with one attached hydrogen (secondary N) is 1. The Morgan fingerprint density at radius 2 is 2.50 bits per heavy atom. The summed E-state index contributed by atoms with van der Waals surface area (Å²) in [4.78, 5) is 0. The number of ether oxygens (including phenoxy) is 3. The van der Waals surface area contributed by atoms with E-state index in [-0.39, 0.29) is 11.9 Å². The van der Waals surface area contributed by atoms with Gasteiger partial charge < -0.3 is 19.5 Å². The van der Waals surface area contributed by atoms with E-state index >= 15 is 0 Å². The summed E-state index contributed by atoms with van der Waals surface area (Å²) in [6, 6.07) is 0. The molecule has 2 saturated heterocycles. The second kappa shape index (κ2) is 4.57. The van der Waals surface area contributed by atoms with Crippen molar-refractivity contribution in [2.75, 3.05) is 32.9 Å². The molecule has 4 heteroatoms. The smallest absolute Gasteiger partial charge is 0.182 e. The monoisotopic (exact) mass is 201 g/mol. The van der Waals surface area contributed by atoms with Gasteiger partial charge in [0.1, 0.15) is 6.10 Å². The van der Waals surface area contributed by atoms with Crippen LogP contribution in [0.4, 0.5) is 0 Å². The van der Waals surface area contributed by atoms with Gasteiger partial charge in [-0.3, -0.25) is 0 Å². The first-order valence-electron chi connectivity index (χ1n) is 5.45. The van der Waals surface area contributed by atoms with Crippen molar-refractivity contribution < 1.29 is 14.2 Å².